The molecule has 0 bridgehead atoms. The number of aliphatic imine (C=N–C) groups is 1. The Bertz CT molecular complexity index is 664. The Labute approximate surface area is 168 Å². The SMILES string of the molecule is CN=C(NCCNC(=O)C(C)C)N1CC2OCCN(Cc3ccccc3)C2C1. The van der Waals surface area contributed by atoms with E-state index >= 15 is 0 Å². The van der Waals surface area contributed by atoms with Crippen LogP contribution in [0.25, 0.3) is 0 Å². The second kappa shape index (κ2) is 9.89. The van der Waals surface area contributed by atoms with Crippen molar-refractivity contribution in [3.63, 3.8) is 0 Å². The summed E-state index contributed by atoms with van der Waals surface area (Å²) in [6, 6.07) is 11.0. The van der Waals surface area contributed by atoms with Gasteiger partial charge in [0.05, 0.1) is 18.8 Å². The molecule has 7 heteroatoms. The first-order valence-corrected chi connectivity index (χ1v) is 10.2. The van der Waals surface area contributed by atoms with Gasteiger partial charge in [0, 0.05) is 52.2 Å². The predicted octanol–water partition coefficient (Wildman–Crippen LogP) is 0.919. The molecule has 28 heavy (non-hydrogen) atoms. The van der Waals surface area contributed by atoms with Crippen molar-refractivity contribution >= 4 is 11.9 Å². The molecule has 0 radical (unpaired) electrons. The Balaban J connectivity index is 1.52. The molecule has 2 heterocycles. The van der Waals surface area contributed by atoms with E-state index in [1.807, 2.05) is 13.8 Å². The predicted molar refractivity (Wildman–Crippen MR) is 111 cm³/mol. The average Bonchev–Trinajstić information content (AvgIpc) is 3.13. The number of ether oxygens (including phenoxy) is 1. The summed E-state index contributed by atoms with van der Waals surface area (Å²) in [6.45, 7) is 9.46. The molecule has 2 aliphatic rings. The van der Waals surface area contributed by atoms with Crippen LogP contribution in [0.3, 0.4) is 0 Å². The maximum absolute atomic E-state index is 11.7. The Morgan fingerprint density at radius 1 is 1.21 bits per heavy atom. The molecule has 0 aliphatic carbocycles. The summed E-state index contributed by atoms with van der Waals surface area (Å²) in [5.41, 5.74) is 1.34. The first-order valence-electron chi connectivity index (χ1n) is 10.2. The van der Waals surface area contributed by atoms with Gasteiger partial charge in [0.25, 0.3) is 0 Å². The highest BCUT2D eigenvalue weighted by molar-refractivity contribution is 5.80. The molecule has 2 fully saturated rings. The summed E-state index contributed by atoms with van der Waals surface area (Å²) < 4.78 is 6.06. The number of carbonyl (C=O) groups is 1. The minimum atomic E-state index is 0.00812. The van der Waals surface area contributed by atoms with Crippen LogP contribution in [0.15, 0.2) is 35.3 Å². The molecule has 1 aromatic carbocycles. The number of hydrogen-bond acceptors (Lipinski definition) is 4. The van der Waals surface area contributed by atoms with Crippen LogP contribution in [0.1, 0.15) is 19.4 Å². The van der Waals surface area contributed by atoms with Gasteiger partial charge in [-0.2, -0.15) is 0 Å². The molecule has 1 amide bonds. The van der Waals surface area contributed by atoms with Gasteiger partial charge >= 0.3 is 0 Å². The van der Waals surface area contributed by atoms with Gasteiger partial charge in [-0.15, -0.1) is 0 Å². The highest BCUT2D eigenvalue weighted by atomic mass is 16.5. The molecule has 7 nitrogen and oxygen atoms in total. The van der Waals surface area contributed by atoms with E-state index in [0.717, 1.165) is 38.7 Å². The summed E-state index contributed by atoms with van der Waals surface area (Å²) >= 11 is 0. The number of morpholine rings is 1. The van der Waals surface area contributed by atoms with E-state index in [-0.39, 0.29) is 17.9 Å². The number of hydrogen-bond donors (Lipinski definition) is 2. The third-order valence-corrected chi connectivity index (χ3v) is 5.39. The fourth-order valence-electron chi connectivity index (χ4n) is 3.84. The van der Waals surface area contributed by atoms with E-state index < -0.39 is 0 Å². The molecule has 0 saturated carbocycles. The van der Waals surface area contributed by atoms with E-state index in [9.17, 15) is 4.79 Å². The van der Waals surface area contributed by atoms with Crippen molar-refractivity contribution in [2.75, 3.05) is 46.4 Å². The van der Waals surface area contributed by atoms with Gasteiger partial charge in [-0.1, -0.05) is 44.2 Å². The molecule has 2 saturated heterocycles. The van der Waals surface area contributed by atoms with Gasteiger partial charge in [-0.05, 0) is 5.56 Å². The second-order valence-electron chi connectivity index (χ2n) is 7.76. The lowest BCUT2D eigenvalue weighted by Crippen LogP contribution is -2.50. The van der Waals surface area contributed by atoms with Crippen molar-refractivity contribution in [3.05, 3.63) is 35.9 Å². The van der Waals surface area contributed by atoms with Gasteiger partial charge in [0.1, 0.15) is 0 Å². The van der Waals surface area contributed by atoms with E-state index in [1.54, 1.807) is 7.05 Å². The number of fused-ring (bicyclic) bond motifs is 1. The third-order valence-electron chi connectivity index (χ3n) is 5.39. The summed E-state index contributed by atoms with van der Waals surface area (Å²) in [6.07, 6.45) is 0.205. The molecule has 2 unspecified atom stereocenters. The molecule has 3 rings (SSSR count). The lowest BCUT2D eigenvalue weighted by Gasteiger charge is -2.36. The number of benzene rings is 1. The summed E-state index contributed by atoms with van der Waals surface area (Å²) in [5, 5.41) is 6.30. The fraction of sp³-hybridized carbons (Fsp3) is 0.619. The molecule has 154 valence electrons. The number of amides is 1. The monoisotopic (exact) mass is 387 g/mol. The van der Waals surface area contributed by atoms with E-state index in [2.05, 4.69) is 55.8 Å². The van der Waals surface area contributed by atoms with Crippen molar-refractivity contribution in [1.29, 1.82) is 0 Å². The third kappa shape index (κ3) is 5.23. The zero-order valence-electron chi connectivity index (χ0n) is 17.2. The van der Waals surface area contributed by atoms with Crippen LogP contribution in [-0.4, -0.2) is 80.2 Å². The Kier molecular flexibility index (Phi) is 7.28. The minimum Gasteiger partial charge on any atom is -0.373 e. The molecule has 2 atom stereocenters. The molecule has 2 aliphatic heterocycles. The van der Waals surface area contributed by atoms with Crippen molar-refractivity contribution < 1.29 is 9.53 Å². The van der Waals surface area contributed by atoms with Crippen LogP contribution in [-0.2, 0) is 16.1 Å². The van der Waals surface area contributed by atoms with E-state index in [0.29, 0.717) is 19.1 Å². The average molecular weight is 388 g/mol. The van der Waals surface area contributed by atoms with Gasteiger partial charge < -0.3 is 20.3 Å². The molecule has 1 aromatic rings. The smallest absolute Gasteiger partial charge is 0.222 e. The summed E-state index contributed by atoms with van der Waals surface area (Å²) in [7, 11) is 1.81. The lowest BCUT2D eigenvalue weighted by molar-refractivity contribution is -0.123. The maximum Gasteiger partial charge on any atom is 0.222 e. The van der Waals surface area contributed by atoms with Crippen molar-refractivity contribution in [2.24, 2.45) is 10.9 Å². The first kappa shape index (κ1) is 20.6. The number of nitrogens with zero attached hydrogens (tertiary/aromatic N) is 3. The first-order chi connectivity index (χ1) is 13.6. The minimum absolute atomic E-state index is 0.00812. The zero-order valence-corrected chi connectivity index (χ0v) is 17.2. The molecule has 0 spiro atoms. The number of nitrogens with one attached hydrogen (secondary N) is 2. The molecule has 2 N–H and O–H groups in total. The van der Waals surface area contributed by atoms with Gasteiger partial charge in [0.15, 0.2) is 5.96 Å². The second-order valence-corrected chi connectivity index (χ2v) is 7.76. The molecular formula is C21H33N5O2. The normalized spacial score (nSPS) is 23.0. The number of rotatable bonds is 6. The van der Waals surface area contributed by atoms with Crippen LogP contribution in [0, 0.1) is 5.92 Å². The number of carbonyl (C=O) groups excluding carboxylic acids is 1. The topological polar surface area (TPSA) is 69.2 Å². The van der Waals surface area contributed by atoms with Crippen molar-refractivity contribution in [1.82, 2.24) is 20.4 Å². The van der Waals surface area contributed by atoms with Crippen LogP contribution in [0.5, 0.6) is 0 Å². The standard InChI is InChI=1S/C21H33N5O2/c1-16(2)20(27)23-9-10-24-21(22-3)26-14-18-19(15-26)28-12-11-25(18)13-17-7-5-4-6-8-17/h4-8,16,18-19H,9-15H2,1-3H3,(H,22,24)(H,23,27). The summed E-state index contributed by atoms with van der Waals surface area (Å²) in [4.78, 5) is 20.9. The quantitative estimate of drug-likeness (QED) is 0.432. The number of likely N-dealkylation sites (tertiary alicyclic amines) is 1. The molecular weight excluding hydrogens is 354 g/mol. The maximum atomic E-state index is 11.7. The molecule has 0 aromatic heterocycles. The highest BCUT2D eigenvalue weighted by Gasteiger charge is 2.41. The lowest BCUT2D eigenvalue weighted by atomic mass is 10.1. The van der Waals surface area contributed by atoms with Gasteiger partial charge in [0.2, 0.25) is 5.91 Å². The summed E-state index contributed by atoms with van der Waals surface area (Å²) in [5.74, 6) is 0.958. The zero-order chi connectivity index (χ0) is 19.9. The fourth-order valence-corrected chi connectivity index (χ4v) is 3.84. The van der Waals surface area contributed by atoms with Crippen molar-refractivity contribution in [3.8, 4) is 0 Å². The Morgan fingerprint density at radius 3 is 2.68 bits per heavy atom. The Hall–Kier alpha value is -2.12. The van der Waals surface area contributed by atoms with Crippen LogP contribution in [0.4, 0.5) is 0 Å². The Morgan fingerprint density at radius 2 is 1.96 bits per heavy atom. The van der Waals surface area contributed by atoms with Crippen LogP contribution < -0.4 is 10.6 Å². The van der Waals surface area contributed by atoms with Crippen molar-refractivity contribution in [2.45, 2.75) is 32.5 Å². The van der Waals surface area contributed by atoms with Crippen LogP contribution in [0.2, 0.25) is 0 Å². The van der Waals surface area contributed by atoms with Gasteiger partial charge in [-0.3, -0.25) is 14.7 Å². The van der Waals surface area contributed by atoms with Gasteiger partial charge in [-0.25, -0.2) is 0 Å². The van der Waals surface area contributed by atoms with Crippen LogP contribution >= 0.6 is 0 Å². The van der Waals surface area contributed by atoms with E-state index in [1.165, 1.54) is 5.56 Å². The number of guanidine groups is 1. The largest absolute Gasteiger partial charge is 0.373 e. The van der Waals surface area contributed by atoms with E-state index in [4.69, 9.17) is 4.74 Å². The highest BCUT2D eigenvalue weighted by Crippen LogP contribution is 2.24.